The number of hydrogen-bond acceptors (Lipinski definition) is 3. The van der Waals surface area contributed by atoms with Gasteiger partial charge in [0.2, 0.25) is 5.92 Å². The third-order valence-electron chi connectivity index (χ3n) is 3.56. The summed E-state index contributed by atoms with van der Waals surface area (Å²) in [6.07, 6.45) is 0.827. The summed E-state index contributed by atoms with van der Waals surface area (Å²) in [4.78, 5) is 12.4. The van der Waals surface area contributed by atoms with Gasteiger partial charge in [0.05, 0.1) is 12.2 Å². The third kappa shape index (κ3) is 3.49. The minimum absolute atomic E-state index is 0.00998. The second kappa shape index (κ2) is 5.80. The van der Waals surface area contributed by atoms with Crippen molar-refractivity contribution < 1.29 is 18.0 Å². The number of nitrogens with zero attached hydrogens (tertiary/aromatic N) is 3. The van der Waals surface area contributed by atoms with Crippen molar-refractivity contribution in [1.82, 2.24) is 15.0 Å². The molecule has 1 aromatic rings. The summed E-state index contributed by atoms with van der Waals surface area (Å²) in [7, 11) is 0. The van der Waals surface area contributed by atoms with E-state index in [4.69, 9.17) is 5.73 Å². The molecule has 0 aliphatic heterocycles. The zero-order chi connectivity index (χ0) is 14.8. The van der Waals surface area contributed by atoms with E-state index < -0.39 is 18.5 Å². The summed E-state index contributed by atoms with van der Waals surface area (Å²) in [6.45, 7) is -0.703. The molecule has 1 heterocycles. The highest BCUT2D eigenvalue weighted by Crippen LogP contribution is 2.37. The van der Waals surface area contributed by atoms with Gasteiger partial charge in [-0.25, -0.2) is 13.2 Å². The van der Waals surface area contributed by atoms with Crippen LogP contribution in [-0.2, 0) is 13.0 Å². The van der Waals surface area contributed by atoms with Crippen LogP contribution in [0.4, 0.5) is 13.2 Å². The van der Waals surface area contributed by atoms with Crippen LogP contribution in [0.5, 0.6) is 0 Å². The van der Waals surface area contributed by atoms with Gasteiger partial charge < -0.3 is 5.73 Å². The molecule has 0 saturated heterocycles. The molecule has 1 saturated carbocycles. The normalized spacial score (nSPS) is 19.1. The molecule has 8 heteroatoms. The second-order valence-electron chi connectivity index (χ2n) is 5.15. The highest BCUT2D eigenvalue weighted by molar-refractivity contribution is 5.91. The van der Waals surface area contributed by atoms with Crippen LogP contribution < -0.4 is 5.73 Å². The van der Waals surface area contributed by atoms with Crippen LogP contribution in [0.25, 0.3) is 0 Å². The lowest BCUT2D eigenvalue weighted by atomic mass is 9.84. The molecule has 0 radical (unpaired) electrons. The predicted octanol–water partition coefficient (Wildman–Crippen LogP) is 1.71. The first-order valence-electron chi connectivity index (χ1n) is 6.59. The van der Waals surface area contributed by atoms with Crippen molar-refractivity contribution in [3.8, 4) is 0 Å². The standard InChI is InChI=1S/C12H17F3N4O/c13-5-6-19-17-9(10(18-19)11(16)20)7-8-1-3-12(14,15)4-2-8/h8H,1-7H2,(H2,16,20). The second-order valence-corrected chi connectivity index (χ2v) is 5.15. The van der Waals surface area contributed by atoms with E-state index in [2.05, 4.69) is 10.2 Å². The largest absolute Gasteiger partial charge is 0.364 e. The van der Waals surface area contributed by atoms with Gasteiger partial charge in [-0.3, -0.25) is 4.79 Å². The Morgan fingerprint density at radius 2 is 2.00 bits per heavy atom. The predicted molar refractivity (Wildman–Crippen MR) is 65.1 cm³/mol. The third-order valence-corrected chi connectivity index (χ3v) is 3.56. The minimum Gasteiger partial charge on any atom is -0.364 e. The summed E-state index contributed by atoms with van der Waals surface area (Å²) in [5.41, 5.74) is 5.59. The summed E-state index contributed by atoms with van der Waals surface area (Å²) >= 11 is 0. The number of hydrogen-bond donors (Lipinski definition) is 1. The molecular formula is C12H17F3N4O. The molecule has 1 aromatic heterocycles. The Labute approximate surface area is 114 Å². The van der Waals surface area contributed by atoms with Crippen LogP contribution in [0.2, 0.25) is 0 Å². The maximum Gasteiger partial charge on any atom is 0.271 e. The quantitative estimate of drug-likeness (QED) is 0.897. The zero-order valence-electron chi connectivity index (χ0n) is 11.0. The number of amides is 1. The minimum atomic E-state index is -2.59. The van der Waals surface area contributed by atoms with Gasteiger partial charge in [-0.15, -0.1) is 5.10 Å². The van der Waals surface area contributed by atoms with Crippen LogP contribution in [0, 0.1) is 5.92 Å². The van der Waals surface area contributed by atoms with Gasteiger partial charge in [0.15, 0.2) is 5.69 Å². The molecule has 2 N–H and O–H groups in total. The SMILES string of the molecule is NC(=O)c1nn(CCF)nc1CC1CCC(F)(F)CC1. The van der Waals surface area contributed by atoms with Crippen molar-refractivity contribution in [3.05, 3.63) is 11.4 Å². The topological polar surface area (TPSA) is 73.8 Å². The summed E-state index contributed by atoms with van der Waals surface area (Å²) in [6, 6.07) is 0. The Kier molecular flexibility index (Phi) is 4.29. The molecule has 2 rings (SSSR count). The lowest BCUT2D eigenvalue weighted by Crippen LogP contribution is -2.26. The van der Waals surface area contributed by atoms with E-state index >= 15 is 0 Å². The Morgan fingerprint density at radius 3 is 2.55 bits per heavy atom. The lowest BCUT2D eigenvalue weighted by Gasteiger charge is -2.27. The van der Waals surface area contributed by atoms with Gasteiger partial charge in [-0.05, 0) is 25.2 Å². The van der Waals surface area contributed by atoms with Gasteiger partial charge in [0, 0.05) is 12.8 Å². The van der Waals surface area contributed by atoms with Gasteiger partial charge >= 0.3 is 0 Å². The van der Waals surface area contributed by atoms with Crippen LogP contribution >= 0.6 is 0 Å². The number of rotatable bonds is 5. The smallest absolute Gasteiger partial charge is 0.271 e. The molecule has 112 valence electrons. The Balaban J connectivity index is 2.06. The Hall–Kier alpha value is -1.60. The summed E-state index contributed by atoms with van der Waals surface area (Å²) in [5.74, 6) is -3.29. The van der Waals surface area contributed by atoms with Crippen molar-refractivity contribution in [2.45, 2.75) is 44.6 Å². The van der Waals surface area contributed by atoms with E-state index in [1.54, 1.807) is 0 Å². The lowest BCUT2D eigenvalue weighted by molar-refractivity contribution is -0.0457. The van der Waals surface area contributed by atoms with Gasteiger partial charge in [-0.2, -0.15) is 9.90 Å². The van der Waals surface area contributed by atoms with Crippen molar-refractivity contribution in [1.29, 1.82) is 0 Å². The molecule has 1 aliphatic rings. The van der Waals surface area contributed by atoms with Crippen LogP contribution in [0.1, 0.15) is 41.9 Å². The number of primary amides is 1. The molecule has 0 bridgehead atoms. The van der Waals surface area contributed by atoms with Gasteiger partial charge in [0.25, 0.3) is 5.91 Å². The van der Waals surface area contributed by atoms with Crippen LogP contribution in [0.15, 0.2) is 0 Å². The number of aryl methyl sites for hydroxylation is 1. The molecule has 20 heavy (non-hydrogen) atoms. The number of nitrogens with two attached hydrogens (primary N) is 1. The molecule has 0 spiro atoms. The highest BCUT2D eigenvalue weighted by atomic mass is 19.3. The van der Waals surface area contributed by atoms with Crippen molar-refractivity contribution in [2.75, 3.05) is 6.67 Å². The first-order chi connectivity index (χ1) is 9.41. The molecule has 0 aromatic carbocycles. The zero-order valence-corrected chi connectivity index (χ0v) is 11.0. The first-order valence-corrected chi connectivity index (χ1v) is 6.59. The number of aromatic nitrogens is 3. The molecule has 1 fully saturated rings. The summed E-state index contributed by atoms with van der Waals surface area (Å²) in [5, 5.41) is 7.87. The molecular weight excluding hydrogens is 273 g/mol. The van der Waals surface area contributed by atoms with Crippen molar-refractivity contribution in [3.63, 3.8) is 0 Å². The molecule has 1 amide bonds. The van der Waals surface area contributed by atoms with Gasteiger partial charge in [0.1, 0.15) is 6.67 Å². The van der Waals surface area contributed by atoms with E-state index in [1.807, 2.05) is 0 Å². The molecule has 1 aliphatic carbocycles. The molecule has 5 nitrogen and oxygen atoms in total. The van der Waals surface area contributed by atoms with E-state index in [1.165, 1.54) is 0 Å². The van der Waals surface area contributed by atoms with Gasteiger partial charge in [-0.1, -0.05) is 0 Å². The van der Waals surface area contributed by atoms with E-state index in [9.17, 15) is 18.0 Å². The molecule has 0 atom stereocenters. The average Bonchev–Trinajstić information content (AvgIpc) is 2.75. The van der Waals surface area contributed by atoms with E-state index in [0.717, 1.165) is 4.80 Å². The Morgan fingerprint density at radius 1 is 1.35 bits per heavy atom. The maximum absolute atomic E-state index is 13.1. The van der Waals surface area contributed by atoms with Crippen LogP contribution in [-0.4, -0.2) is 33.5 Å². The first kappa shape index (κ1) is 14.8. The monoisotopic (exact) mass is 290 g/mol. The maximum atomic E-state index is 13.1. The Bertz CT molecular complexity index is 479. The fourth-order valence-electron chi connectivity index (χ4n) is 2.46. The fourth-order valence-corrected chi connectivity index (χ4v) is 2.46. The number of halogens is 3. The van der Waals surface area contributed by atoms with Crippen LogP contribution in [0.3, 0.4) is 0 Å². The fraction of sp³-hybridized carbons (Fsp3) is 0.750. The van der Waals surface area contributed by atoms with E-state index in [-0.39, 0.29) is 31.0 Å². The summed E-state index contributed by atoms with van der Waals surface area (Å²) < 4.78 is 38.4. The number of carbonyl (C=O) groups excluding carboxylic acids is 1. The molecule has 0 unspecified atom stereocenters. The number of alkyl halides is 3. The van der Waals surface area contributed by atoms with Crippen molar-refractivity contribution in [2.24, 2.45) is 11.7 Å². The highest BCUT2D eigenvalue weighted by Gasteiger charge is 2.35. The number of carbonyl (C=O) groups is 1. The average molecular weight is 290 g/mol. The van der Waals surface area contributed by atoms with Crippen molar-refractivity contribution >= 4 is 5.91 Å². The van der Waals surface area contributed by atoms with E-state index in [0.29, 0.717) is 25.0 Å².